The molecular formula is C11H14BrNO5S. The van der Waals surface area contributed by atoms with Crippen molar-refractivity contribution in [3.05, 3.63) is 39.9 Å². The fraction of sp³-hybridized carbons (Fsp3) is 0.455. The Balaban J connectivity index is 3.29. The highest BCUT2D eigenvalue weighted by Gasteiger charge is 2.44. The van der Waals surface area contributed by atoms with Crippen LogP contribution in [0.2, 0.25) is 0 Å². The zero-order valence-corrected chi connectivity index (χ0v) is 12.8. The van der Waals surface area contributed by atoms with Crippen molar-refractivity contribution in [3.8, 4) is 0 Å². The number of non-ortho nitro benzene ring substituents is 1. The number of sulfone groups is 1. The second-order valence-corrected chi connectivity index (χ2v) is 8.38. The molecule has 6 nitrogen and oxygen atoms in total. The van der Waals surface area contributed by atoms with Crippen LogP contribution in [0.4, 0.5) is 5.69 Å². The number of aliphatic hydroxyl groups is 1. The van der Waals surface area contributed by atoms with E-state index in [1.165, 1.54) is 24.3 Å². The van der Waals surface area contributed by atoms with Gasteiger partial charge in [-0.3, -0.25) is 10.1 Å². The summed E-state index contributed by atoms with van der Waals surface area (Å²) in [7, 11) is -3.60. The van der Waals surface area contributed by atoms with Gasteiger partial charge in [0.1, 0.15) is 6.10 Å². The van der Waals surface area contributed by atoms with Gasteiger partial charge in [0, 0.05) is 18.4 Å². The van der Waals surface area contributed by atoms with E-state index in [0.29, 0.717) is 0 Å². The van der Waals surface area contributed by atoms with Crippen LogP contribution in [0, 0.1) is 10.1 Å². The van der Waals surface area contributed by atoms with Crippen LogP contribution >= 0.6 is 15.9 Å². The summed E-state index contributed by atoms with van der Waals surface area (Å²) in [4.78, 5) is 10.1. The van der Waals surface area contributed by atoms with E-state index in [4.69, 9.17) is 0 Å². The van der Waals surface area contributed by atoms with Crippen molar-refractivity contribution >= 4 is 31.5 Å². The Morgan fingerprint density at radius 3 is 2.53 bits per heavy atom. The Kier molecular flexibility index (Phi) is 4.70. The topological polar surface area (TPSA) is 97.5 Å². The quantitative estimate of drug-likeness (QED) is 0.498. The van der Waals surface area contributed by atoms with Crippen molar-refractivity contribution in [1.82, 2.24) is 0 Å². The van der Waals surface area contributed by atoms with Crippen molar-refractivity contribution in [2.45, 2.75) is 23.1 Å². The van der Waals surface area contributed by atoms with Crippen LogP contribution in [0.5, 0.6) is 0 Å². The van der Waals surface area contributed by atoms with E-state index < -0.39 is 24.5 Å². The maximum absolute atomic E-state index is 11.8. The number of hydrogen-bond donors (Lipinski definition) is 1. The molecule has 0 heterocycles. The Morgan fingerprint density at radius 2 is 2.11 bits per heavy atom. The van der Waals surface area contributed by atoms with Gasteiger partial charge in [0.15, 0.2) is 13.5 Å². The number of aliphatic hydroxyl groups excluding tert-OH is 1. The summed E-state index contributed by atoms with van der Waals surface area (Å²) in [5, 5.41) is 20.9. The molecule has 0 amide bonds. The first kappa shape index (κ1) is 16.1. The number of hydrogen-bond acceptors (Lipinski definition) is 5. The molecule has 1 N–H and O–H groups in total. The van der Waals surface area contributed by atoms with Gasteiger partial charge in [0.05, 0.1) is 4.92 Å². The Morgan fingerprint density at radius 1 is 1.53 bits per heavy atom. The van der Waals surface area contributed by atoms with Crippen LogP contribution in [0.3, 0.4) is 0 Å². The molecule has 106 valence electrons. The van der Waals surface area contributed by atoms with Crippen LogP contribution < -0.4 is 0 Å². The van der Waals surface area contributed by atoms with Gasteiger partial charge < -0.3 is 5.11 Å². The minimum absolute atomic E-state index is 0.121. The van der Waals surface area contributed by atoms with E-state index >= 15 is 0 Å². The van der Waals surface area contributed by atoms with E-state index in [1.807, 2.05) is 0 Å². The second kappa shape index (κ2) is 5.56. The SMILES string of the molecule is CCC(Br)(C(O)c1cccc([N+](=O)[O-])c1)S(C)(=O)=O. The molecule has 0 aliphatic carbocycles. The maximum atomic E-state index is 11.8. The van der Waals surface area contributed by atoms with Crippen LogP contribution in [0.1, 0.15) is 25.0 Å². The first-order chi connectivity index (χ1) is 8.63. The summed E-state index contributed by atoms with van der Waals surface area (Å²) in [5.74, 6) is 0. The lowest BCUT2D eigenvalue weighted by molar-refractivity contribution is -0.385. The van der Waals surface area contributed by atoms with Gasteiger partial charge in [-0.05, 0) is 12.0 Å². The summed E-state index contributed by atoms with van der Waals surface area (Å²) < 4.78 is 22.0. The minimum atomic E-state index is -3.60. The molecule has 0 saturated heterocycles. The van der Waals surface area contributed by atoms with E-state index in [9.17, 15) is 23.6 Å². The molecule has 0 bridgehead atoms. The molecule has 1 aromatic rings. The summed E-state index contributed by atoms with van der Waals surface area (Å²) in [6, 6.07) is 5.30. The van der Waals surface area contributed by atoms with Crippen molar-refractivity contribution in [2.75, 3.05) is 6.26 Å². The van der Waals surface area contributed by atoms with Crippen LogP contribution in [-0.4, -0.2) is 28.4 Å². The largest absolute Gasteiger partial charge is 0.386 e. The molecule has 2 unspecified atom stereocenters. The zero-order chi connectivity index (χ0) is 14.8. The average Bonchev–Trinajstić information content (AvgIpc) is 2.35. The van der Waals surface area contributed by atoms with Crippen molar-refractivity contribution < 1.29 is 18.4 Å². The van der Waals surface area contributed by atoms with Crippen molar-refractivity contribution in [2.24, 2.45) is 0 Å². The predicted octanol–water partition coefficient (Wildman–Crippen LogP) is 2.17. The Hall–Kier alpha value is -0.990. The van der Waals surface area contributed by atoms with Gasteiger partial charge in [-0.2, -0.15) is 0 Å². The van der Waals surface area contributed by atoms with E-state index in [-0.39, 0.29) is 17.7 Å². The van der Waals surface area contributed by atoms with Gasteiger partial charge in [0.25, 0.3) is 5.69 Å². The smallest absolute Gasteiger partial charge is 0.269 e. The molecule has 0 saturated carbocycles. The lowest BCUT2D eigenvalue weighted by atomic mass is 10.0. The van der Waals surface area contributed by atoms with Crippen molar-refractivity contribution in [1.29, 1.82) is 0 Å². The number of benzene rings is 1. The average molecular weight is 352 g/mol. The Labute approximate surface area is 119 Å². The highest BCUT2D eigenvalue weighted by Crippen LogP contribution is 2.41. The fourth-order valence-electron chi connectivity index (χ4n) is 1.72. The third-order valence-electron chi connectivity index (χ3n) is 2.90. The number of rotatable bonds is 5. The normalized spacial score (nSPS) is 16.6. The number of alkyl halides is 1. The first-order valence-corrected chi connectivity index (χ1v) is 8.13. The lowest BCUT2D eigenvalue weighted by Crippen LogP contribution is -2.37. The lowest BCUT2D eigenvalue weighted by Gasteiger charge is -2.29. The van der Waals surface area contributed by atoms with E-state index in [0.717, 1.165) is 6.26 Å². The highest BCUT2D eigenvalue weighted by molar-refractivity contribution is 9.11. The number of nitro groups is 1. The Bertz CT molecular complexity index is 589. The van der Waals surface area contributed by atoms with Crippen molar-refractivity contribution in [3.63, 3.8) is 0 Å². The number of nitro benzene ring substituents is 1. The molecule has 2 atom stereocenters. The van der Waals surface area contributed by atoms with Gasteiger partial charge >= 0.3 is 0 Å². The van der Waals surface area contributed by atoms with Crippen LogP contribution in [0.25, 0.3) is 0 Å². The summed E-state index contributed by atoms with van der Waals surface area (Å²) in [6.07, 6.45) is -0.269. The van der Waals surface area contributed by atoms with Gasteiger partial charge in [0.2, 0.25) is 0 Å². The third kappa shape index (κ3) is 3.13. The molecule has 1 rings (SSSR count). The molecule has 0 fully saturated rings. The molecule has 8 heteroatoms. The fourth-order valence-corrected chi connectivity index (χ4v) is 3.05. The summed E-state index contributed by atoms with van der Waals surface area (Å²) in [6.45, 7) is 1.61. The second-order valence-electron chi connectivity index (χ2n) is 4.17. The minimum Gasteiger partial charge on any atom is -0.386 e. The highest BCUT2D eigenvalue weighted by atomic mass is 79.9. The monoisotopic (exact) mass is 351 g/mol. The zero-order valence-electron chi connectivity index (χ0n) is 10.4. The molecule has 0 aromatic heterocycles. The van der Waals surface area contributed by atoms with Gasteiger partial charge in [-0.25, -0.2) is 8.42 Å². The van der Waals surface area contributed by atoms with Crippen LogP contribution in [0.15, 0.2) is 24.3 Å². The van der Waals surface area contributed by atoms with E-state index in [1.54, 1.807) is 6.92 Å². The first-order valence-electron chi connectivity index (χ1n) is 5.44. The van der Waals surface area contributed by atoms with Gasteiger partial charge in [-0.15, -0.1) is 0 Å². The molecule has 0 spiro atoms. The number of nitrogens with zero attached hydrogens (tertiary/aromatic N) is 1. The molecule has 1 aromatic carbocycles. The molecule has 0 aliphatic rings. The molecule has 0 radical (unpaired) electrons. The van der Waals surface area contributed by atoms with E-state index in [2.05, 4.69) is 15.9 Å². The summed E-state index contributed by atoms with van der Waals surface area (Å²) in [5.41, 5.74) is -0.0191. The molecule has 0 aliphatic heterocycles. The maximum Gasteiger partial charge on any atom is 0.269 e. The predicted molar refractivity (Wildman–Crippen MR) is 74.8 cm³/mol. The number of halogens is 1. The third-order valence-corrected chi connectivity index (χ3v) is 7.41. The molecular weight excluding hydrogens is 338 g/mol. The molecule has 19 heavy (non-hydrogen) atoms. The van der Waals surface area contributed by atoms with Crippen LogP contribution in [-0.2, 0) is 9.84 Å². The summed E-state index contributed by atoms with van der Waals surface area (Å²) >= 11 is 3.06. The van der Waals surface area contributed by atoms with Gasteiger partial charge in [-0.1, -0.05) is 35.0 Å². The standard InChI is InChI=1S/C11H14BrNO5S/c1-3-11(12,19(2,17)18)10(14)8-5-4-6-9(7-8)13(15)16/h4-7,10,14H,3H2,1-2H3.